The molecular formula is C12H17FOS. The lowest BCUT2D eigenvalue weighted by Gasteiger charge is -2.18. The molecule has 15 heavy (non-hydrogen) atoms. The molecule has 0 spiro atoms. The Labute approximate surface area is 94.7 Å². The van der Waals surface area contributed by atoms with Crippen molar-refractivity contribution in [1.29, 1.82) is 0 Å². The predicted molar refractivity (Wildman–Crippen MR) is 63.0 cm³/mol. The SMILES string of the molecule is CC(C)Sc1ccc(C(C)(F)CO)cc1. The van der Waals surface area contributed by atoms with Gasteiger partial charge in [-0.3, -0.25) is 0 Å². The average Bonchev–Trinajstić information content (AvgIpc) is 2.18. The van der Waals surface area contributed by atoms with Gasteiger partial charge in [0.15, 0.2) is 5.67 Å². The molecule has 1 nitrogen and oxygen atoms in total. The van der Waals surface area contributed by atoms with E-state index in [1.165, 1.54) is 6.92 Å². The molecule has 0 aliphatic carbocycles. The fourth-order valence-corrected chi connectivity index (χ4v) is 2.08. The van der Waals surface area contributed by atoms with Crippen molar-refractivity contribution in [2.24, 2.45) is 0 Å². The van der Waals surface area contributed by atoms with Crippen molar-refractivity contribution in [3.63, 3.8) is 0 Å². The van der Waals surface area contributed by atoms with Crippen LogP contribution in [0.5, 0.6) is 0 Å². The minimum atomic E-state index is -1.64. The molecule has 1 rings (SSSR count). The van der Waals surface area contributed by atoms with E-state index in [0.717, 1.165) is 4.90 Å². The Morgan fingerprint density at radius 1 is 1.33 bits per heavy atom. The number of benzene rings is 1. The van der Waals surface area contributed by atoms with E-state index in [-0.39, 0.29) is 0 Å². The third-order valence-electron chi connectivity index (χ3n) is 2.12. The van der Waals surface area contributed by atoms with Gasteiger partial charge in [-0.05, 0) is 24.6 Å². The maximum Gasteiger partial charge on any atom is 0.156 e. The van der Waals surface area contributed by atoms with Crippen LogP contribution in [0, 0.1) is 0 Å². The summed E-state index contributed by atoms with van der Waals surface area (Å²) in [5.74, 6) is 0. The zero-order chi connectivity index (χ0) is 11.5. The van der Waals surface area contributed by atoms with Gasteiger partial charge >= 0.3 is 0 Å². The van der Waals surface area contributed by atoms with Gasteiger partial charge in [0.1, 0.15) is 0 Å². The highest BCUT2D eigenvalue weighted by Crippen LogP contribution is 2.28. The van der Waals surface area contributed by atoms with Crippen LogP contribution in [0.2, 0.25) is 0 Å². The number of hydrogen-bond acceptors (Lipinski definition) is 2. The number of aliphatic hydroxyl groups excluding tert-OH is 1. The van der Waals surface area contributed by atoms with Gasteiger partial charge in [0.25, 0.3) is 0 Å². The lowest BCUT2D eigenvalue weighted by atomic mass is 9.99. The maximum atomic E-state index is 13.7. The van der Waals surface area contributed by atoms with Crippen molar-refractivity contribution in [2.75, 3.05) is 6.61 Å². The van der Waals surface area contributed by atoms with Crippen LogP contribution in [0.15, 0.2) is 29.2 Å². The molecule has 0 heterocycles. The summed E-state index contributed by atoms with van der Waals surface area (Å²) in [7, 11) is 0. The zero-order valence-electron chi connectivity index (χ0n) is 9.33. The van der Waals surface area contributed by atoms with E-state index in [1.807, 2.05) is 12.1 Å². The fourth-order valence-electron chi connectivity index (χ4n) is 1.24. The summed E-state index contributed by atoms with van der Waals surface area (Å²) in [6.45, 7) is 5.14. The molecule has 0 amide bonds. The molecule has 1 aromatic rings. The minimum absolute atomic E-state index is 0.482. The molecule has 0 fully saturated rings. The second kappa shape index (κ2) is 4.99. The number of halogens is 1. The zero-order valence-corrected chi connectivity index (χ0v) is 10.1. The van der Waals surface area contributed by atoms with Crippen molar-refractivity contribution in [3.8, 4) is 0 Å². The Kier molecular flexibility index (Phi) is 4.17. The summed E-state index contributed by atoms with van der Waals surface area (Å²) in [4.78, 5) is 1.13. The Morgan fingerprint density at radius 3 is 2.27 bits per heavy atom. The Balaban J connectivity index is 2.81. The van der Waals surface area contributed by atoms with Gasteiger partial charge in [-0.15, -0.1) is 11.8 Å². The van der Waals surface area contributed by atoms with Crippen LogP contribution < -0.4 is 0 Å². The lowest BCUT2D eigenvalue weighted by Crippen LogP contribution is -2.19. The van der Waals surface area contributed by atoms with Crippen LogP contribution in [0.25, 0.3) is 0 Å². The van der Waals surface area contributed by atoms with Crippen molar-refractivity contribution in [1.82, 2.24) is 0 Å². The largest absolute Gasteiger partial charge is 0.393 e. The Bertz CT molecular complexity index is 306. The molecule has 1 unspecified atom stereocenters. The van der Waals surface area contributed by atoms with Gasteiger partial charge in [0.05, 0.1) is 6.61 Å². The summed E-state index contributed by atoms with van der Waals surface area (Å²) >= 11 is 1.74. The number of alkyl halides is 1. The molecule has 1 aromatic carbocycles. The normalized spacial score (nSPS) is 15.3. The predicted octanol–water partition coefficient (Wildman–Crippen LogP) is 3.36. The van der Waals surface area contributed by atoms with E-state index in [1.54, 1.807) is 23.9 Å². The number of rotatable bonds is 4. The van der Waals surface area contributed by atoms with Gasteiger partial charge in [-0.2, -0.15) is 0 Å². The number of hydrogen-bond donors (Lipinski definition) is 1. The first-order chi connectivity index (χ1) is 6.95. The molecule has 0 saturated heterocycles. The highest BCUT2D eigenvalue weighted by Gasteiger charge is 2.24. The molecule has 3 heteroatoms. The first kappa shape index (κ1) is 12.5. The molecule has 0 radical (unpaired) electrons. The topological polar surface area (TPSA) is 20.2 Å². The Morgan fingerprint density at radius 2 is 1.87 bits per heavy atom. The van der Waals surface area contributed by atoms with E-state index < -0.39 is 12.3 Å². The highest BCUT2D eigenvalue weighted by molar-refractivity contribution is 7.99. The first-order valence-electron chi connectivity index (χ1n) is 5.02. The molecule has 0 saturated carbocycles. The van der Waals surface area contributed by atoms with Crippen LogP contribution in [0.4, 0.5) is 4.39 Å². The van der Waals surface area contributed by atoms with Gasteiger partial charge in [-0.1, -0.05) is 26.0 Å². The van der Waals surface area contributed by atoms with Crippen LogP contribution in [0.1, 0.15) is 26.3 Å². The van der Waals surface area contributed by atoms with Crippen LogP contribution in [-0.2, 0) is 5.67 Å². The van der Waals surface area contributed by atoms with Crippen molar-refractivity contribution >= 4 is 11.8 Å². The standard InChI is InChI=1S/C12H17FOS/c1-9(2)15-11-6-4-10(5-7-11)12(3,13)8-14/h4-7,9,14H,8H2,1-3H3. The molecule has 0 aliphatic heterocycles. The summed E-state index contributed by atoms with van der Waals surface area (Å²) in [5.41, 5.74) is -1.11. The summed E-state index contributed by atoms with van der Waals surface area (Å²) < 4.78 is 13.7. The summed E-state index contributed by atoms with van der Waals surface area (Å²) in [5, 5.41) is 9.40. The lowest BCUT2D eigenvalue weighted by molar-refractivity contribution is 0.0867. The van der Waals surface area contributed by atoms with Crippen molar-refractivity contribution in [2.45, 2.75) is 36.6 Å². The first-order valence-corrected chi connectivity index (χ1v) is 5.90. The molecule has 0 bridgehead atoms. The second-order valence-electron chi connectivity index (χ2n) is 4.05. The van der Waals surface area contributed by atoms with E-state index in [0.29, 0.717) is 10.8 Å². The smallest absolute Gasteiger partial charge is 0.156 e. The molecule has 0 aromatic heterocycles. The summed E-state index contributed by atoms with van der Waals surface area (Å²) in [6.07, 6.45) is 0. The molecule has 84 valence electrons. The van der Waals surface area contributed by atoms with E-state index >= 15 is 0 Å². The molecule has 0 aliphatic rings. The molecule has 1 N–H and O–H groups in total. The second-order valence-corrected chi connectivity index (χ2v) is 5.70. The highest BCUT2D eigenvalue weighted by atomic mass is 32.2. The van der Waals surface area contributed by atoms with Gasteiger partial charge in [-0.25, -0.2) is 4.39 Å². The number of thioether (sulfide) groups is 1. The monoisotopic (exact) mass is 228 g/mol. The van der Waals surface area contributed by atoms with Crippen molar-refractivity contribution < 1.29 is 9.50 Å². The molecular weight excluding hydrogens is 211 g/mol. The van der Waals surface area contributed by atoms with Crippen molar-refractivity contribution in [3.05, 3.63) is 29.8 Å². The maximum absolute atomic E-state index is 13.7. The number of aliphatic hydroxyl groups is 1. The van der Waals surface area contributed by atoms with Gasteiger partial charge < -0.3 is 5.11 Å². The fraction of sp³-hybridized carbons (Fsp3) is 0.500. The van der Waals surface area contributed by atoms with Crippen LogP contribution in [0.3, 0.4) is 0 Å². The molecule has 1 atom stereocenters. The third kappa shape index (κ3) is 3.50. The van der Waals surface area contributed by atoms with E-state index in [2.05, 4.69) is 13.8 Å². The minimum Gasteiger partial charge on any atom is -0.393 e. The Hall–Kier alpha value is -0.540. The quantitative estimate of drug-likeness (QED) is 0.797. The third-order valence-corrected chi connectivity index (χ3v) is 3.14. The van der Waals surface area contributed by atoms with Crippen LogP contribution >= 0.6 is 11.8 Å². The summed E-state index contributed by atoms with van der Waals surface area (Å²) in [6, 6.07) is 7.27. The average molecular weight is 228 g/mol. The van der Waals surface area contributed by atoms with Gasteiger partial charge in [0.2, 0.25) is 0 Å². The van der Waals surface area contributed by atoms with E-state index in [4.69, 9.17) is 5.11 Å². The van der Waals surface area contributed by atoms with Crippen LogP contribution in [-0.4, -0.2) is 17.0 Å². The van der Waals surface area contributed by atoms with Gasteiger partial charge in [0, 0.05) is 10.1 Å². The van der Waals surface area contributed by atoms with E-state index in [9.17, 15) is 4.39 Å².